The van der Waals surface area contributed by atoms with Crippen molar-refractivity contribution in [3.8, 4) is 0 Å². The van der Waals surface area contributed by atoms with Gasteiger partial charge in [0.05, 0.1) is 17.1 Å². The topological polar surface area (TPSA) is 83.7 Å². The number of aryl methyl sites for hydroxylation is 1. The molecule has 0 saturated heterocycles. The fourth-order valence-corrected chi connectivity index (χ4v) is 2.79. The molecule has 2 heterocycles. The summed E-state index contributed by atoms with van der Waals surface area (Å²) in [4.78, 5) is 27.9. The molecule has 1 aromatic carbocycles. The molecule has 3 rings (SSSR count). The number of aliphatic carboxylic acids is 1. The molecule has 2 aromatic heterocycles. The van der Waals surface area contributed by atoms with Gasteiger partial charge in [0.1, 0.15) is 11.3 Å². The number of nitrogens with zero attached hydrogens (tertiary/aromatic N) is 2. The first-order valence-electron chi connectivity index (χ1n) is 7.76. The van der Waals surface area contributed by atoms with Gasteiger partial charge in [0.25, 0.3) is 5.91 Å². The number of hydrogen-bond donors (Lipinski definition) is 2. The van der Waals surface area contributed by atoms with Gasteiger partial charge in [0.2, 0.25) is 0 Å². The molecule has 0 unspecified atom stereocenters. The Labute approximate surface area is 149 Å². The van der Waals surface area contributed by atoms with Gasteiger partial charge in [-0.05, 0) is 36.2 Å². The molecule has 0 aliphatic heterocycles. The van der Waals surface area contributed by atoms with E-state index in [0.717, 1.165) is 0 Å². The van der Waals surface area contributed by atoms with E-state index in [2.05, 4.69) is 10.3 Å². The molecule has 7 heteroatoms. The van der Waals surface area contributed by atoms with Crippen LogP contribution in [-0.4, -0.2) is 26.4 Å². The highest BCUT2D eigenvalue weighted by Gasteiger charge is 2.18. The molecule has 6 nitrogen and oxygen atoms in total. The van der Waals surface area contributed by atoms with E-state index in [1.54, 1.807) is 47.0 Å². The van der Waals surface area contributed by atoms with Gasteiger partial charge in [-0.25, -0.2) is 4.98 Å². The SMILES string of the molecule is CCc1nc2ccc(Cl)cn2c1C(=O)Nc1ccc(CC(=O)O)cc1. The highest BCUT2D eigenvalue weighted by molar-refractivity contribution is 6.30. The fraction of sp³-hybridized carbons (Fsp3) is 0.167. The van der Waals surface area contributed by atoms with Crippen LogP contribution in [0.3, 0.4) is 0 Å². The van der Waals surface area contributed by atoms with Crippen molar-refractivity contribution in [2.24, 2.45) is 0 Å². The van der Waals surface area contributed by atoms with E-state index < -0.39 is 5.97 Å². The summed E-state index contributed by atoms with van der Waals surface area (Å²) in [7, 11) is 0. The third-order valence-corrected chi connectivity index (χ3v) is 4.00. The van der Waals surface area contributed by atoms with Crippen molar-refractivity contribution in [3.63, 3.8) is 0 Å². The van der Waals surface area contributed by atoms with Crippen molar-refractivity contribution >= 4 is 34.8 Å². The number of aromatic nitrogens is 2. The fourth-order valence-electron chi connectivity index (χ4n) is 2.63. The van der Waals surface area contributed by atoms with Crippen LogP contribution in [0.15, 0.2) is 42.6 Å². The summed E-state index contributed by atoms with van der Waals surface area (Å²) in [6.07, 6.45) is 2.22. The number of fused-ring (bicyclic) bond motifs is 1. The smallest absolute Gasteiger partial charge is 0.307 e. The monoisotopic (exact) mass is 357 g/mol. The van der Waals surface area contributed by atoms with E-state index in [0.29, 0.717) is 39.7 Å². The quantitative estimate of drug-likeness (QED) is 0.732. The van der Waals surface area contributed by atoms with E-state index in [4.69, 9.17) is 16.7 Å². The molecule has 1 amide bonds. The van der Waals surface area contributed by atoms with E-state index in [1.165, 1.54) is 0 Å². The second kappa shape index (κ2) is 6.94. The van der Waals surface area contributed by atoms with Gasteiger partial charge < -0.3 is 10.4 Å². The Morgan fingerprint density at radius 3 is 2.56 bits per heavy atom. The Morgan fingerprint density at radius 2 is 1.92 bits per heavy atom. The number of anilines is 1. The third kappa shape index (κ3) is 3.64. The van der Waals surface area contributed by atoms with Crippen LogP contribution in [0.25, 0.3) is 5.65 Å². The lowest BCUT2D eigenvalue weighted by Crippen LogP contribution is -2.16. The highest BCUT2D eigenvalue weighted by Crippen LogP contribution is 2.19. The maximum absolute atomic E-state index is 12.7. The molecule has 0 bridgehead atoms. The van der Waals surface area contributed by atoms with Crippen LogP contribution in [0.2, 0.25) is 5.02 Å². The molecule has 0 saturated carbocycles. The predicted molar refractivity (Wildman–Crippen MR) is 95.3 cm³/mol. The van der Waals surface area contributed by atoms with Gasteiger partial charge in [-0.3, -0.25) is 14.0 Å². The maximum Gasteiger partial charge on any atom is 0.307 e. The van der Waals surface area contributed by atoms with Crippen molar-refractivity contribution in [1.29, 1.82) is 0 Å². The van der Waals surface area contributed by atoms with Crippen molar-refractivity contribution in [2.45, 2.75) is 19.8 Å². The number of imidazole rings is 1. The Balaban J connectivity index is 1.89. The second-order valence-electron chi connectivity index (χ2n) is 5.56. The van der Waals surface area contributed by atoms with E-state index in [9.17, 15) is 9.59 Å². The number of carboxylic acids is 1. The number of carboxylic acid groups (broad SMARTS) is 1. The van der Waals surface area contributed by atoms with E-state index >= 15 is 0 Å². The highest BCUT2D eigenvalue weighted by atomic mass is 35.5. The van der Waals surface area contributed by atoms with Crippen LogP contribution in [0, 0.1) is 0 Å². The third-order valence-electron chi connectivity index (χ3n) is 3.77. The Hall–Kier alpha value is -2.86. The van der Waals surface area contributed by atoms with Gasteiger partial charge in [-0.1, -0.05) is 30.7 Å². The van der Waals surface area contributed by atoms with E-state index in [1.807, 2.05) is 6.92 Å². The summed E-state index contributed by atoms with van der Waals surface area (Å²) in [5.74, 6) is -1.19. The second-order valence-corrected chi connectivity index (χ2v) is 5.99. The first-order valence-corrected chi connectivity index (χ1v) is 8.14. The molecule has 0 aliphatic rings. The minimum Gasteiger partial charge on any atom is -0.481 e. The lowest BCUT2D eigenvalue weighted by atomic mass is 10.1. The molecule has 0 aliphatic carbocycles. The standard InChI is InChI=1S/C18H16ClN3O3/c1-2-14-17(22-10-12(19)5-8-15(22)21-14)18(25)20-13-6-3-11(4-7-13)9-16(23)24/h3-8,10H,2,9H2,1H3,(H,20,25)(H,23,24). The first-order chi connectivity index (χ1) is 12.0. The van der Waals surface area contributed by atoms with Gasteiger partial charge in [-0.15, -0.1) is 0 Å². The van der Waals surface area contributed by atoms with Crippen LogP contribution in [0.1, 0.15) is 28.7 Å². The van der Waals surface area contributed by atoms with Crippen molar-refractivity contribution in [1.82, 2.24) is 9.38 Å². The molecule has 0 atom stereocenters. The molecule has 25 heavy (non-hydrogen) atoms. The van der Waals surface area contributed by atoms with Gasteiger partial charge in [0, 0.05) is 11.9 Å². The van der Waals surface area contributed by atoms with Crippen LogP contribution < -0.4 is 5.32 Å². The minimum atomic E-state index is -0.896. The Morgan fingerprint density at radius 1 is 1.20 bits per heavy atom. The lowest BCUT2D eigenvalue weighted by molar-refractivity contribution is -0.136. The Kier molecular flexibility index (Phi) is 4.72. The summed E-state index contributed by atoms with van der Waals surface area (Å²) in [5.41, 5.74) is 3.03. The molecule has 0 fully saturated rings. The molecule has 2 N–H and O–H groups in total. The van der Waals surface area contributed by atoms with Crippen molar-refractivity contribution < 1.29 is 14.7 Å². The normalized spacial score (nSPS) is 10.8. The number of carbonyl (C=O) groups is 2. The average molecular weight is 358 g/mol. The number of nitrogens with one attached hydrogen (secondary N) is 1. The Bertz CT molecular complexity index is 948. The van der Waals surface area contributed by atoms with Gasteiger partial charge in [-0.2, -0.15) is 0 Å². The summed E-state index contributed by atoms with van der Waals surface area (Å²) >= 11 is 6.04. The number of pyridine rings is 1. The molecule has 3 aromatic rings. The zero-order valence-corrected chi connectivity index (χ0v) is 14.2. The first kappa shape index (κ1) is 17.0. The molecule has 0 radical (unpaired) electrons. The number of rotatable bonds is 5. The predicted octanol–water partition coefficient (Wildman–Crippen LogP) is 3.43. The number of benzene rings is 1. The van der Waals surface area contributed by atoms with Crippen molar-refractivity contribution in [2.75, 3.05) is 5.32 Å². The zero-order valence-electron chi connectivity index (χ0n) is 13.5. The number of halogens is 1. The summed E-state index contributed by atoms with van der Waals surface area (Å²) in [6, 6.07) is 10.2. The van der Waals surface area contributed by atoms with Gasteiger partial charge in [0.15, 0.2) is 0 Å². The van der Waals surface area contributed by atoms with Gasteiger partial charge >= 0.3 is 5.97 Å². The van der Waals surface area contributed by atoms with Crippen LogP contribution >= 0.6 is 11.6 Å². The van der Waals surface area contributed by atoms with Crippen molar-refractivity contribution in [3.05, 3.63) is 64.6 Å². The summed E-state index contributed by atoms with van der Waals surface area (Å²) < 4.78 is 1.68. The largest absolute Gasteiger partial charge is 0.481 e. The maximum atomic E-state index is 12.7. The molecule has 0 spiro atoms. The lowest BCUT2D eigenvalue weighted by Gasteiger charge is -2.07. The number of amides is 1. The molecular formula is C18H16ClN3O3. The zero-order chi connectivity index (χ0) is 18.0. The van der Waals surface area contributed by atoms with Crippen LogP contribution in [-0.2, 0) is 17.6 Å². The molecule has 128 valence electrons. The van der Waals surface area contributed by atoms with Crippen LogP contribution in [0.5, 0.6) is 0 Å². The van der Waals surface area contributed by atoms with Crippen LogP contribution in [0.4, 0.5) is 5.69 Å². The number of hydrogen-bond acceptors (Lipinski definition) is 3. The summed E-state index contributed by atoms with van der Waals surface area (Å²) in [5, 5.41) is 12.1. The number of carbonyl (C=O) groups excluding carboxylic acids is 1. The minimum absolute atomic E-state index is 0.0556. The van der Waals surface area contributed by atoms with E-state index in [-0.39, 0.29) is 12.3 Å². The molecular weight excluding hydrogens is 342 g/mol. The summed E-state index contributed by atoms with van der Waals surface area (Å²) in [6.45, 7) is 1.93. The average Bonchev–Trinajstić information content (AvgIpc) is 2.94.